The Hall–Kier alpha value is -0.220. The fraction of sp³-hybridized carbons (Fsp3) is 0.571. The molecular weight excluding hydrogens is 358 g/mol. The van der Waals surface area contributed by atoms with Crippen molar-refractivity contribution in [2.24, 2.45) is 11.8 Å². The molecule has 0 N–H and O–H groups in total. The van der Waals surface area contributed by atoms with Gasteiger partial charge in [-0.2, -0.15) is 0 Å². The zero-order valence-corrected chi connectivity index (χ0v) is 13.6. The first kappa shape index (κ1) is 14.2. The van der Waals surface area contributed by atoms with E-state index in [9.17, 15) is 4.79 Å². The predicted octanol–water partition coefficient (Wildman–Crippen LogP) is 5.01. The van der Waals surface area contributed by atoms with Gasteiger partial charge in [0.1, 0.15) is 5.69 Å². The van der Waals surface area contributed by atoms with Gasteiger partial charge in [-0.3, -0.25) is 9.78 Å². The van der Waals surface area contributed by atoms with Crippen LogP contribution in [0.15, 0.2) is 21.2 Å². The fourth-order valence-electron chi connectivity index (χ4n) is 2.69. The summed E-state index contributed by atoms with van der Waals surface area (Å²) in [6, 6.07) is 1.89. The number of hydrogen-bond donors (Lipinski definition) is 0. The molecule has 0 radical (unpaired) electrons. The number of rotatable bonds is 3. The number of nitrogens with zero attached hydrogens (tertiary/aromatic N) is 1. The minimum absolute atomic E-state index is 0.161. The maximum absolute atomic E-state index is 12.5. The van der Waals surface area contributed by atoms with Gasteiger partial charge >= 0.3 is 0 Å². The fourth-order valence-corrected chi connectivity index (χ4v) is 3.87. The van der Waals surface area contributed by atoms with Crippen LogP contribution in [0.3, 0.4) is 0 Å². The molecule has 18 heavy (non-hydrogen) atoms. The second kappa shape index (κ2) is 6.29. The van der Waals surface area contributed by atoms with Crippen LogP contribution in [0.2, 0.25) is 0 Å². The highest BCUT2D eigenvalue weighted by Gasteiger charge is 2.28. The molecule has 0 aliphatic heterocycles. The Balaban J connectivity index is 2.15. The molecule has 4 heteroatoms. The number of ketones is 1. The van der Waals surface area contributed by atoms with Gasteiger partial charge in [-0.1, -0.05) is 26.2 Å². The van der Waals surface area contributed by atoms with E-state index in [0.29, 0.717) is 11.6 Å². The summed E-state index contributed by atoms with van der Waals surface area (Å²) >= 11 is 6.79. The molecule has 0 amide bonds. The third-order valence-corrected chi connectivity index (χ3v) is 4.81. The highest BCUT2D eigenvalue weighted by atomic mass is 79.9. The summed E-state index contributed by atoms with van der Waals surface area (Å²) in [5.41, 5.74) is 0.583. The average molecular weight is 375 g/mol. The molecule has 0 bridgehead atoms. The van der Waals surface area contributed by atoms with Crippen LogP contribution >= 0.6 is 31.9 Å². The van der Waals surface area contributed by atoms with Crippen molar-refractivity contribution in [3.8, 4) is 0 Å². The molecule has 2 unspecified atom stereocenters. The van der Waals surface area contributed by atoms with E-state index in [0.717, 1.165) is 21.8 Å². The van der Waals surface area contributed by atoms with Crippen LogP contribution in [0.4, 0.5) is 0 Å². The largest absolute Gasteiger partial charge is 0.292 e. The molecule has 2 rings (SSSR count). The maximum Gasteiger partial charge on any atom is 0.185 e. The van der Waals surface area contributed by atoms with Gasteiger partial charge in [0.2, 0.25) is 0 Å². The molecule has 1 saturated carbocycles. The average Bonchev–Trinajstić information content (AvgIpc) is 2.38. The summed E-state index contributed by atoms with van der Waals surface area (Å²) in [5.74, 6) is 1.07. The Morgan fingerprint density at radius 1 is 1.44 bits per heavy atom. The number of aromatic nitrogens is 1. The van der Waals surface area contributed by atoms with Crippen LogP contribution in [0, 0.1) is 11.8 Å². The van der Waals surface area contributed by atoms with E-state index in [1.165, 1.54) is 19.3 Å². The van der Waals surface area contributed by atoms with Gasteiger partial charge in [0.15, 0.2) is 5.78 Å². The summed E-state index contributed by atoms with van der Waals surface area (Å²) in [4.78, 5) is 16.7. The lowest BCUT2D eigenvalue weighted by Crippen LogP contribution is -2.23. The summed E-state index contributed by atoms with van der Waals surface area (Å²) < 4.78 is 1.68. The van der Waals surface area contributed by atoms with Gasteiger partial charge in [-0.15, -0.1) is 0 Å². The zero-order valence-electron chi connectivity index (χ0n) is 10.5. The standard InChI is InChI=1S/C14H17Br2NO/c1-2-9-4-3-5-10(6-9)14(18)13-12(16)7-11(15)8-17-13/h7-10H,2-6H2,1H3. The minimum atomic E-state index is 0.161. The third-order valence-electron chi connectivity index (χ3n) is 3.77. The van der Waals surface area contributed by atoms with Crippen LogP contribution in [-0.2, 0) is 0 Å². The molecule has 0 aromatic carbocycles. The van der Waals surface area contributed by atoms with E-state index in [2.05, 4.69) is 43.8 Å². The van der Waals surface area contributed by atoms with E-state index < -0.39 is 0 Å². The lowest BCUT2D eigenvalue weighted by molar-refractivity contribution is 0.0856. The van der Waals surface area contributed by atoms with Crippen molar-refractivity contribution in [1.82, 2.24) is 4.98 Å². The molecule has 0 spiro atoms. The topological polar surface area (TPSA) is 30.0 Å². The highest BCUT2D eigenvalue weighted by Crippen LogP contribution is 2.34. The van der Waals surface area contributed by atoms with E-state index >= 15 is 0 Å². The van der Waals surface area contributed by atoms with E-state index in [1.54, 1.807) is 6.20 Å². The molecule has 2 nitrogen and oxygen atoms in total. The van der Waals surface area contributed by atoms with Gasteiger partial charge < -0.3 is 0 Å². The molecule has 98 valence electrons. The lowest BCUT2D eigenvalue weighted by atomic mass is 9.77. The third kappa shape index (κ3) is 3.21. The Kier molecular flexibility index (Phi) is 4.96. The number of halogens is 2. The SMILES string of the molecule is CCC1CCCC(C(=O)c2ncc(Br)cc2Br)C1. The molecule has 2 atom stereocenters. The summed E-state index contributed by atoms with van der Waals surface area (Å²) in [5, 5.41) is 0. The van der Waals surface area contributed by atoms with Crippen molar-refractivity contribution in [3.05, 3.63) is 26.9 Å². The van der Waals surface area contributed by atoms with Gasteiger partial charge in [0, 0.05) is 21.1 Å². The van der Waals surface area contributed by atoms with Crippen LogP contribution in [-0.4, -0.2) is 10.8 Å². The predicted molar refractivity (Wildman–Crippen MR) is 79.7 cm³/mol. The van der Waals surface area contributed by atoms with E-state index in [4.69, 9.17) is 0 Å². The molecular formula is C14H17Br2NO. The quantitative estimate of drug-likeness (QED) is 0.696. The summed E-state index contributed by atoms with van der Waals surface area (Å²) in [6.07, 6.45) is 7.36. The number of pyridine rings is 1. The minimum Gasteiger partial charge on any atom is -0.292 e. The molecule has 0 saturated heterocycles. The van der Waals surface area contributed by atoms with Crippen LogP contribution in [0.25, 0.3) is 0 Å². The molecule has 1 fully saturated rings. The Morgan fingerprint density at radius 2 is 2.22 bits per heavy atom. The molecule has 1 aromatic heterocycles. The zero-order chi connectivity index (χ0) is 13.1. The second-order valence-electron chi connectivity index (χ2n) is 4.99. The highest BCUT2D eigenvalue weighted by molar-refractivity contribution is 9.11. The first-order valence-corrected chi connectivity index (χ1v) is 8.05. The number of hydrogen-bond acceptors (Lipinski definition) is 2. The summed E-state index contributed by atoms with van der Waals surface area (Å²) in [7, 11) is 0. The smallest absolute Gasteiger partial charge is 0.185 e. The van der Waals surface area contributed by atoms with Crippen LogP contribution < -0.4 is 0 Å². The van der Waals surface area contributed by atoms with Crippen molar-refractivity contribution in [1.29, 1.82) is 0 Å². The Bertz CT molecular complexity index is 447. The summed E-state index contributed by atoms with van der Waals surface area (Å²) in [6.45, 7) is 2.21. The van der Waals surface area contributed by atoms with Gasteiger partial charge in [0.25, 0.3) is 0 Å². The van der Waals surface area contributed by atoms with Crippen molar-refractivity contribution in [3.63, 3.8) is 0 Å². The van der Waals surface area contributed by atoms with Crippen LogP contribution in [0.1, 0.15) is 49.5 Å². The number of carbonyl (C=O) groups excluding carboxylic acids is 1. The monoisotopic (exact) mass is 373 g/mol. The Labute approximate surface area is 125 Å². The lowest BCUT2D eigenvalue weighted by Gasteiger charge is -2.27. The van der Waals surface area contributed by atoms with E-state index in [1.807, 2.05) is 6.07 Å². The van der Waals surface area contributed by atoms with Crippen molar-refractivity contribution >= 4 is 37.6 Å². The van der Waals surface area contributed by atoms with Gasteiger partial charge in [-0.05, 0) is 56.7 Å². The van der Waals surface area contributed by atoms with Crippen LogP contribution in [0.5, 0.6) is 0 Å². The number of carbonyl (C=O) groups is 1. The molecule has 1 heterocycles. The van der Waals surface area contributed by atoms with Gasteiger partial charge in [0.05, 0.1) is 0 Å². The van der Waals surface area contributed by atoms with Crippen molar-refractivity contribution < 1.29 is 4.79 Å². The Morgan fingerprint density at radius 3 is 2.89 bits per heavy atom. The van der Waals surface area contributed by atoms with Gasteiger partial charge in [-0.25, -0.2) is 0 Å². The number of Topliss-reactive ketones (excluding diaryl/α,β-unsaturated/α-hetero) is 1. The molecule has 1 aliphatic carbocycles. The maximum atomic E-state index is 12.5. The first-order chi connectivity index (χ1) is 8.61. The molecule has 1 aliphatic rings. The molecule has 1 aromatic rings. The second-order valence-corrected chi connectivity index (χ2v) is 6.76. The normalized spacial score (nSPS) is 23.9. The van der Waals surface area contributed by atoms with Crippen molar-refractivity contribution in [2.45, 2.75) is 39.0 Å². The first-order valence-electron chi connectivity index (χ1n) is 6.47. The van der Waals surface area contributed by atoms with E-state index in [-0.39, 0.29) is 11.7 Å². The van der Waals surface area contributed by atoms with Crippen molar-refractivity contribution in [2.75, 3.05) is 0 Å².